The Labute approximate surface area is 104 Å². The standard InChI is InChI=1S/C12H14N2O4/c1-14(8-4-5-8)10(15)7-18-9-3-2-6-13-11(9)12(16)17/h2-3,6,8H,4-5,7H2,1H3,(H,16,17). The number of aromatic carboxylic acids is 1. The van der Waals surface area contributed by atoms with E-state index in [2.05, 4.69) is 4.98 Å². The summed E-state index contributed by atoms with van der Waals surface area (Å²) in [6.07, 6.45) is 3.42. The van der Waals surface area contributed by atoms with Gasteiger partial charge in [0.2, 0.25) is 0 Å². The Morgan fingerprint density at radius 3 is 2.89 bits per heavy atom. The van der Waals surface area contributed by atoms with Crippen molar-refractivity contribution in [1.29, 1.82) is 0 Å². The summed E-state index contributed by atoms with van der Waals surface area (Å²) in [7, 11) is 1.73. The lowest BCUT2D eigenvalue weighted by Crippen LogP contribution is -2.33. The maximum absolute atomic E-state index is 11.7. The molecule has 6 nitrogen and oxygen atoms in total. The van der Waals surface area contributed by atoms with Gasteiger partial charge in [-0.1, -0.05) is 0 Å². The van der Waals surface area contributed by atoms with Gasteiger partial charge in [0.25, 0.3) is 5.91 Å². The largest absolute Gasteiger partial charge is 0.481 e. The van der Waals surface area contributed by atoms with Crippen molar-refractivity contribution in [2.45, 2.75) is 18.9 Å². The fourth-order valence-corrected chi connectivity index (χ4v) is 1.57. The van der Waals surface area contributed by atoms with E-state index < -0.39 is 5.97 Å². The molecular formula is C12H14N2O4. The number of aromatic nitrogens is 1. The Balaban J connectivity index is 1.97. The molecule has 1 aliphatic carbocycles. The molecule has 0 atom stereocenters. The minimum absolute atomic E-state index is 0.113. The van der Waals surface area contributed by atoms with Crippen LogP contribution in [0.5, 0.6) is 5.75 Å². The minimum atomic E-state index is -1.17. The van der Waals surface area contributed by atoms with Gasteiger partial charge in [-0.3, -0.25) is 4.79 Å². The topological polar surface area (TPSA) is 79.7 Å². The summed E-state index contributed by atoms with van der Waals surface area (Å²) in [5, 5.41) is 8.90. The van der Waals surface area contributed by atoms with Crippen molar-refractivity contribution in [1.82, 2.24) is 9.88 Å². The first kappa shape index (κ1) is 12.3. The van der Waals surface area contributed by atoms with Crippen LogP contribution >= 0.6 is 0 Å². The molecule has 18 heavy (non-hydrogen) atoms. The first-order valence-corrected chi connectivity index (χ1v) is 5.66. The first-order chi connectivity index (χ1) is 8.59. The van der Waals surface area contributed by atoms with Gasteiger partial charge in [-0.15, -0.1) is 0 Å². The van der Waals surface area contributed by atoms with Crippen LogP contribution in [0.15, 0.2) is 18.3 Å². The van der Waals surface area contributed by atoms with Gasteiger partial charge in [0.05, 0.1) is 0 Å². The lowest BCUT2D eigenvalue weighted by atomic mass is 10.3. The van der Waals surface area contributed by atoms with E-state index in [1.165, 1.54) is 12.3 Å². The van der Waals surface area contributed by atoms with Gasteiger partial charge in [0, 0.05) is 19.3 Å². The number of nitrogens with zero attached hydrogens (tertiary/aromatic N) is 2. The number of rotatable bonds is 5. The SMILES string of the molecule is CN(C(=O)COc1cccnc1C(=O)O)C1CC1. The van der Waals surface area contributed by atoms with Crippen LogP contribution in [-0.4, -0.2) is 46.6 Å². The minimum Gasteiger partial charge on any atom is -0.481 e. The Morgan fingerprint density at radius 2 is 2.28 bits per heavy atom. The third kappa shape index (κ3) is 2.77. The summed E-state index contributed by atoms with van der Waals surface area (Å²) in [6, 6.07) is 3.37. The van der Waals surface area contributed by atoms with Gasteiger partial charge in [-0.25, -0.2) is 9.78 Å². The summed E-state index contributed by atoms with van der Waals surface area (Å²) >= 11 is 0. The van der Waals surface area contributed by atoms with Crippen LogP contribution in [0.1, 0.15) is 23.3 Å². The van der Waals surface area contributed by atoms with Gasteiger partial charge in [-0.05, 0) is 25.0 Å². The Morgan fingerprint density at radius 1 is 1.56 bits per heavy atom. The highest BCUT2D eigenvalue weighted by Gasteiger charge is 2.29. The zero-order chi connectivity index (χ0) is 13.1. The van der Waals surface area contributed by atoms with Crippen molar-refractivity contribution < 1.29 is 19.4 Å². The fraction of sp³-hybridized carbons (Fsp3) is 0.417. The number of amides is 1. The van der Waals surface area contributed by atoms with E-state index >= 15 is 0 Å². The molecule has 0 spiro atoms. The maximum Gasteiger partial charge on any atom is 0.358 e. The monoisotopic (exact) mass is 250 g/mol. The van der Waals surface area contributed by atoms with Crippen LogP contribution < -0.4 is 4.74 Å². The molecule has 1 amide bonds. The molecule has 2 rings (SSSR count). The van der Waals surface area contributed by atoms with Gasteiger partial charge in [-0.2, -0.15) is 0 Å². The molecule has 6 heteroatoms. The first-order valence-electron chi connectivity index (χ1n) is 5.66. The lowest BCUT2D eigenvalue weighted by Gasteiger charge is -2.16. The van der Waals surface area contributed by atoms with E-state index in [0.29, 0.717) is 6.04 Å². The van der Waals surface area contributed by atoms with Crippen molar-refractivity contribution in [2.75, 3.05) is 13.7 Å². The van der Waals surface area contributed by atoms with Crippen molar-refractivity contribution in [3.05, 3.63) is 24.0 Å². The van der Waals surface area contributed by atoms with Gasteiger partial charge < -0.3 is 14.7 Å². The molecule has 1 fully saturated rings. The second-order valence-electron chi connectivity index (χ2n) is 4.18. The second-order valence-corrected chi connectivity index (χ2v) is 4.18. The highest BCUT2D eigenvalue weighted by atomic mass is 16.5. The highest BCUT2D eigenvalue weighted by molar-refractivity contribution is 5.88. The zero-order valence-electron chi connectivity index (χ0n) is 10.00. The summed E-state index contributed by atoms with van der Waals surface area (Å²) in [5.41, 5.74) is -0.181. The number of hydrogen-bond donors (Lipinski definition) is 1. The average molecular weight is 250 g/mol. The van der Waals surface area contributed by atoms with Crippen LogP contribution in [0.2, 0.25) is 0 Å². The number of carbonyl (C=O) groups excluding carboxylic acids is 1. The third-order valence-corrected chi connectivity index (χ3v) is 2.81. The molecule has 1 aromatic rings. The predicted molar refractivity (Wildman–Crippen MR) is 62.5 cm³/mol. The molecule has 1 aromatic heterocycles. The molecule has 0 aliphatic heterocycles. The van der Waals surface area contributed by atoms with E-state index in [1.807, 2.05) is 0 Å². The number of carboxylic acids is 1. The summed E-state index contributed by atoms with van der Waals surface area (Å²) in [6.45, 7) is -0.168. The van der Waals surface area contributed by atoms with E-state index in [4.69, 9.17) is 9.84 Å². The summed E-state index contributed by atoms with van der Waals surface area (Å²) in [4.78, 5) is 27.9. The fourth-order valence-electron chi connectivity index (χ4n) is 1.57. The predicted octanol–water partition coefficient (Wildman–Crippen LogP) is 0.779. The Bertz CT molecular complexity index is 471. The third-order valence-electron chi connectivity index (χ3n) is 2.81. The summed E-state index contributed by atoms with van der Waals surface area (Å²) < 4.78 is 5.22. The van der Waals surface area contributed by atoms with Gasteiger partial charge in [0.15, 0.2) is 18.1 Å². The highest BCUT2D eigenvalue weighted by Crippen LogP contribution is 2.25. The van der Waals surface area contributed by atoms with Crippen LogP contribution in [0.25, 0.3) is 0 Å². The molecule has 0 aromatic carbocycles. The molecular weight excluding hydrogens is 236 g/mol. The molecule has 96 valence electrons. The smallest absolute Gasteiger partial charge is 0.358 e. The number of carbonyl (C=O) groups is 2. The van der Waals surface area contributed by atoms with Crippen molar-refractivity contribution in [3.8, 4) is 5.75 Å². The molecule has 0 saturated heterocycles. The molecule has 1 saturated carbocycles. The quantitative estimate of drug-likeness (QED) is 0.835. The van der Waals surface area contributed by atoms with Gasteiger partial charge >= 0.3 is 5.97 Å². The van der Waals surface area contributed by atoms with E-state index in [1.54, 1.807) is 18.0 Å². The summed E-state index contributed by atoms with van der Waals surface area (Å²) in [5.74, 6) is -1.21. The maximum atomic E-state index is 11.7. The zero-order valence-corrected chi connectivity index (χ0v) is 10.00. The molecule has 0 unspecified atom stereocenters. The van der Waals surface area contributed by atoms with E-state index in [0.717, 1.165) is 12.8 Å². The van der Waals surface area contributed by atoms with Crippen molar-refractivity contribution >= 4 is 11.9 Å². The van der Waals surface area contributed by atoms with Crippen LogP contribution in [-0.2, 0) is 4.79 Å². The lowest BCUT2D eigenvalue weighted by molar-refractivity contribution is -0.132. The molecule has 0 radical (unpaired) electrons. The van der Waals surface area contributed by atoms with E-state index in [9.17, 15) is 9.59 Å². The number of likely N-dealkylation sites (N-methyl/N-ethyl adjacent to an activating group) is 1. The Kier molecular flexibility index (Phi) is 3.45. The van der Waals surface area contributed by atoms with E-state index in [-0.39, 0.29) is 24.0 Å². The number of carboxylic acid groups (broad SMARTS) is 1. The van der Waals surface area contributed by atoms with Crippen molar-refractivity contribution in [2.24, 2.45) is 0 Å². The number of pyridine rings is 1. The normalized spacial score (nSPS) is 14.1. The van der Waals surface area contributed by atoms with Crippen LogP contribution in [0, 0.1) is 0 Å². The van der Waals surface area contributed by atoms with Crippen LogP contribution in [0.4, 0.5) is 0 Å². The number of ether oxygens (including phenoxy) is 1. The average Bonchev–Trinajstić information content (AvgIpc) is 3.19. The van der Waals surface area contributed by atoms with Gasteiger partial charge in [0.1, 0.15) is 0 Å². The molecule has 1 heterocycles. The number of hydrogen-bond acceptors (Lipinski definition) is 4. The molecule has 1 N–H and O–H groups in total. The molecule has 0 bridgehead atoms. The van der Waals surface area contributed by atoms with Crippen LogP contribution in [0.3, 0.4) is 0 Å². The Hall–Kier alpha value is -2.11. The molecule has 1 aliphatic rings. The van der Waals surface area contributed by atoms with Crippen molar-refractivity contribution in [3.63, 3.8) is 0 Å². The second kappa shape index (κ2) is 5.03.